The number of carbonyl (C=O) groups is 2. The summed E-state index contributed by atoms with van der Waals surface area (Å²) in [5.74, 6) is -1.16. The number of likely N-dealkylation sites (tertiary alicyclic amines) is 1. The van der Waals surface area contributed by atoms with Crippen LogP contribution in [0.25, 0.3) is 11.3 Å². The molecule has 10 heteroatoms. The fraction of sp³-hybridized carbons (Fsp3) is 0.273. The Hall–Kier alpha value is -3.40. The van der Waals surface area contributed by atoms with Gasteiger partial charge in [-0.25, -0.2) is 13.6 Å². The summed E-state index contributed by atoms with van der Waals surface area (Å²) in [6.45, 7) is 1.13. The number of hydrogen-bond acceptors (Lipinski definition) is 5. The van der Waals surface area contributed by atoms with Crippen LogP contribution in [0.2, 0.25) is 0 Å². The molecule has 2 aromatic heterocycles. The molecule has 0 atom stereocenters. The lowest BCUT2D eigenvalue weighted by molar-refractivity contribution is 0.0676. The van der Waals surface area contributed by atoms with Crippen LogP contribution in [-0.2, 0) is 0 Å². The summed E-state index contributed by atoms with van der Waals surface area (Å²) in [4.78, 5) is 37.2. The van der Waals surface area contributed by atoms with E-state index in [4.69, 9.17) is 0 Å². The predicted octanol–water partition coefficient (Wildman–Crippen LogP) is 4.25. The highest BCUT2D eigenvalue weighted by Crippen LogP contribution is 2.24. The van der Waals surface area contributed by atoms with E-state index in [1.165, 1.54) is 23.6 Å². The van der Waals surface area contributed by atoms with Gasteiger partial charge >= 0.3 is 6.03 Å². The lowest BCUT2D eigenvalue weighted by atomic mass is 10.0. The lowest BCUT2D eigenvalue weighted by Crippen LogP contribution is -2.48. The Labute approximate surface area is 187 Å². The Bertz CT molecular complexity index is 1100. The van der Waals surface area contributed by atoms with Gasteiger partial charge in [0.15, 0.2) is 0 Å². The van der Waals surface area contributed by atoms with Gasteiger partial charge in [0.05, 0.1) is 29.3 Å². The van der Waals surface area contributed by atoms with Crippen LogP contribution < -0.4 is 5.32 Å². The highest BCUT2D eigenvalue weighted by Gasteiger charge is 2.28. The van der Waals surface area contributed by atoms with Crippen molar-refractivity contribution in [2.24, 2.45) is 0 Å². The van der Waals surface area contributed by atoms with Crippen LogP contribution in [0, 0.1) is 11.6 Å². The van der Waals surface area contributed by atoms with Crippen molar-refractivity contribution >= 4 is 29.0 Å². The number of anilines is 1. The number of rotatable bonds is 4. The molecular formula is C22H21F2N5O2S. The summed E-state index contributed by atoms with van der Waals surface area (Å²) in [7, 11) is 1.71. The van der Waals surface area contributed by atoms with Gasteiger partial charge in [-0.15, -0.1) is 11.3 Å². The smallest absolute Gasteiger partial charge is 0.321 e. The minimum absolute atomic E-state index is 0.00543. The molecule has 1 saturated heterocycles. The molecule has 1 aliphatic heterocycles. The van der Waals surface area contributed by atoms with Gasteiger partial charge in [-0.05, 0) is 43.2 Å². The van der Waals surface area contributed by atoms with E-state index >= 15 is 0 Å². The maximum absolute atomic E-state index is 13.9. The summed E-state index contributed by atoms with van der Waals surface area (Å²) in [5.41, 5.74) is 2.40. The molecule has 166 valence electrons. The van der Waals surface area contributed by atoms with Gasteiger partial charge < -0.3 is 15.1 Å². The molecule has 32 heavy (non-hydrogen) atoms. The number of halogens is 2. The first kappa shape index (κ1) is 21.8. The number of amides is 3. The third kappa shape index (κ3) is 4.75. The number of pyridine rings is 1. The van der Waals surface area contributed by atoms with E-state index in [9.17, 15) is 18.4 Å². The van der Waals surface area contributed by atoms with Crippen LogP contribution in [0.5, 0.6) is 0 Å². The lowest BCUT2D eigenvalue weighted by Gasteiger charge is -2.36. The Kier molecular flexibility index (Phi) is 6.40. The molecule has 0 saturated carbocycles. The number of hydrogen-bond donors (Lipinski definition) is 1. The third-order valence-corrected chi connectivity index (χ3v) is 6.24. The number of urea groups is 1. The second kappa shape index (κ2) is 9.39. The molecule has 3 heterocycles. The zero-order valence-electron chi connectivity index (χ0n) is 17.3. The summed E-state index contributed by atoms with van der Waals surface area (Å²) in [6, 6.07) is 5.98. The number of nitrogens with one attached hydrogen (secondary N) is 1. The standard InChI is InChI=1S/C22H21F2N5O2S/c1-28(16-6-8-29(9-7-16)21(30)20-12-25-13-32-20)22(31)27-15-3-5-19(26-11-15)17-10-14(23)2-4-18(17)24/h2-5,10-13,16H,6-9H2,1H3,(H,27,31). The fourth-order valence-electron chi connectivity index (χ4n) is 3.63. The molecule has 1 fully saturated rings. The van der Waals surface area contributed by atoms with Crippen molar-refractivity contribution in [1.29, 1.82) is 0 Å². The molecule has 3 amide bonds. The van der Waals surface area contributed by atoms with Gasteiger partial charge in [0.1, 0.15) is 16.5 Å². The average molecular weight is 458 g/mol. The van der Waals surface area contributed by atoms with Crippen molar-refractivity contribution in [2.45, 2.75) is 18.9 Å². The van der Waals surface area contributed by atoms with Crippen molar-refractivity contribution in [2.75, 3.05) is 25.5 Å². The second-order valence-electron chi connectivity index (χ2n) is 7.49. The van der Waals surface area contributed by atoms with E-state index in [0.29, 0.717) is 36.5 Å². The highest BCUT2D eigenvalue weighted by molar-refractivity contribution is 7.11. The SMILES string of the molecule is CN(C(=O)Nc1ccc(-c2cc(F)ccc2F)nc1)C1CCN(C(=O)c2cncs2)CC1. The molecule has 4 rings (SSSR count). The van der Waals surface area contributed by atoms with E-state index in [1.807, 2.05) is 0 Å². The minimum atomic E-state index is -0.574. The summed E-state index contributed by atoms with van der Waals surface area (Å²) in [5, 5.41) is 2.77. The highest BCUT2D eigenvalue weighted by atomic mass is 32.1. The normalized spacial score (nSPS) is 14.3. The van der Waals surface area contributed by atoms with Gasteiger partial charge in [0, 0.05) is 31.7 Å². The van der Waals surface area contributed by atoms with Crippen LogP contribution in [0.15, 0.2) is 48.2 Å². The predicted molar refractivity (Wildman–Crippen MR) is 117 cm³/mol. The molecule has 0 radical (unpaired) electrons. The molecule has 0 bridgehead atoms. The molecule has 1 N–H and O–H groups in total. The first-order valence-electron chi connectivity index (χ1n) is 10.1. The zero-order valence-corrected chi connectivity index (χ0v) is 18.1. The molecule has 0 spiro atoms. The molecular weight excluding hydrogens is 436 g/mol. The Morgan fingerprint density at radius 2 is 1.94 bits per heavy atom. The topological polar surface area (TPSA) is 78.4 Å². The van der Waals surface area contributed by atoms with Crippen molar-refractivity contribution in [3.05, 3.63) is 64.7 Å². The summed E-state index contributed by atoms with van der Waals surface area (Å²) < 4.78 is 27.3. The maximum atomic E-state index is 13.9. The van der Waals surface area contributed by atoms with Crippen LogP contribution in [0.1, 0.15) is 22.5 Å². The second-order valence-corrected chi connectivity index (χ2v) is 8.37. The number of benzene rings is 1. The fourth-order valence-corrected chi connectivity index (χ4v) is 4.22. The van der Waals surface area contributed by atoms with Gasteiger partial charge in [-0.2, -0.15) is 0 Å². The molecule has 3 aromatic rings. The number of piperidine rings is 1. The zero-order chi connectivity index (χ0) is 22.7. The quantitative estimate of drug-likeness (QED) is 0.635. The largest absolute Gasteiger partial charge is 0.338 e. The number of nitrogens with zero attached hydrogens (tertiary/aromatic N) is 4. The van der Waals surface area contributed by atoms with Crippen molar-refractivity contribution in [3.8, 4) is 11.3 Å². The monoisotopic (exact) mass is 457 g/mol. The van der Waals surface area contributed by atoms with Crippen molar-refractivity contribution in [3.63, 3.8) is 0 Å². The van der Waals surface area contributed by atoms with Crippen LogP contribution in [0.4, 0.5) is 19.3 Å². The van der Waals surface area contributed by atoms with E-state index in [2.05, 4.69) is 15.3 Å². The first-order valence-corrected chi connectivity index (χ1v) is 10.9. The van der Waals surface area contributed by atoms with Crippen molar-refractivity contribution in [1.82, 2.24) is 19.8 Å². The van der Waals surface area contributed by atoms with Gasteiger partial charge in [0.25, 0.3) is 5.91 Å². The van der Waals surface area contributed by atoms with Gasteiger partial charge in [-0.1, -0.05) is 0 Å². The van der Waals surface area contributed by atoms with Crippen LogP contribution in [0.3, 0.4) is 0 Å². The molecule has 0 aliphatic carbocycles. The first-order chi connectivity index (χ1) is 15.4. The van der Waals surface area contributed by atoms with E-state index in [-0.39, 0.29) is 29.2 Å². The van der Waals surface area contributed by atoms with Crippen LogP contribution in [-0.4, -0.2) is 57.9 Å². The van der Waals surface area contributed by atoms with Crippen molar-refractivity contribution < 1.29 is 18.4 Å². The average Bonchev–Trinajstić information content (AvgIpc) is 3.35. The number of carbonyl (C=O) groups excluding carboxylic acids is 2. The summed E-state index contributed by atoms with van der Waals surface area (Å²) in [6.07, 6.45) is 4.32. The molecule has 0 unspecified atom stereocenters. The van der Waals surface area contributed by atoms with Gasteiger partial charge in [-0.3, -0.25) is 14.8 Å². The number of aromatic nitrogens is 2. The molecule has 1 aromatic carbocycles. The third-order valence-electron chi connectivity index (χ3n) is 5.48. The maximum Gasteiger partial charge on any atom is 0.321 e. The number of thiazole rings is 1. The van der Waals surface area contributed by atoms with E-state index in [0.717, 1.165) is 18.2 Å². The Morgan fingerprint density at radius 1 is 1.16 bits per heavy atom. The van der Waals surface area contributed by atoms with E-state index < -0.39 is 11.6 Å². The summed E-state index contributed by atoms with van der Waals surface area (Å²) >= 11 is 1.32. The molecule has 7 nitrogen and oxygen atoms in total. The Morgan fingerprint density at radius 3 is 2.59 bits per heavy atom. The minimum Gasteiger partial charge on any atom is -0.338 e. The Balaban J connectivity index is 1.33. The van der Waals surface area contributed by atoms with E-state index in [1.54, 1.807) is 34.6 Å². The molecule has 1 aliphatic rings. The van der Waals surface area contributed by atoms with Gasteiger partial charge in [0.2, 0.25) is 0 Å². The van der Waals surface area contributed by atoms with Crippen LogP contribution >= 0.6 is 11.3 Å².